The van der Waals surface area contributed by atoms with Crippen molar-refractivity contribution >= 4 is 11.9 Å². The van der Waals surface area contributed by atoms with Gasteiger partial charge < -0.3 is 15.2 Å². The lowest BCUT2D eigenvalue weighted by atomic mass is 9.95. The molecule has 1 aliphatic rings. The minimum Gasteiger partial charge on any atom is -0.481 e. The van der Waals surface area contributed by atoms with E-state index in [4.69, 9.17) is 4.74 Å². The van der Waals surface area contributed by atoms with E-state index in [9.17, 15) is 9.90 Å². The van der Waals surface area contributed by atoms with Crippen LogP contribution in [0.15, 0.2) is 12.3 Å². The van der Waals surface area contributed by atoms with Crippen LogP contribution in [0.1, 0.15) is 46.0 Å². The fraction of sp³-hybridized carbons (Fsp3) is 0.667. The Kier molecular flexibility index (Phi) is 5.36. The molecule has 1 aromatic rings. The van der Waals surface area contributed by atoms with E-state index < -0.39 is 5.97 Å². The molecule has 0 aromatic carbocycles. The molecule has 6 heteroatoms. The topological polar surface area (TPSA) is 84.3 Å². The number of anilines is 1. The van der Waals surface area contributed by atoms with Crippen LogP contribution in [-0.2, 0) is 4.79 Å². The summed E-state index contributed by atoms with van der Waals surface area (Å²) in [5, 5.41) is 12.6. The zero-order chi connectivity index (χ0) is 15.2. The average molecular weight is 293 g/mol. The molecular weight excluding hydrogens is 270 g/mol. The SMILES string of the molecule is CC(C)Oc1ccnc(NC2CCCCCC2C(=O)O)n1. The largest absolute Gasteiger partial charge is 0.481 e. The van der Waals surface area contributed by atoms with Gasteiger partial charge in [0.15, 0.2) is 0 Å². The first kappa shape index (κ1) is 15.5. The fourth-order valence-electron chi connectivity index (χ4n) is 2.66. The Balaban J connectivity index is 2.09. The highest BCUT2D eigenvalue weighted by molar-refractivity contribution is 5.71. The Hall–Kier alpha value is -1.85. The molecule has 116 valence electrons. The number of carbonyl (C=O) groups is 1. The highest BCUT2D eigenvalue weighted by atomic mass is 16.5. The lowest BCUT2D eigenvalue weighted by molar-refractivity contribution is -0.142. The number of hydrogen-bond donors (Lipinski definition) is 2. The van der Waals surface area contributed by atoms with Crippen molar-refractivity contribution < 1.29 is 14.6 Å². The van der Waals surface area contributed by atoms with Crippen LogP contribution in [0.4, 0.5) is 5.95 Å². The minimum atomic E-state index is -0.746. The maximum atomic E-state index is 11.4. The molecule has 2 unspecified atom stereocenters. The summed E-state index contributed by atoms with van der Waals surface area (Å²) in [4.78, 5) is 19.9. The Morgan fingerprint density at radius 3 is 2.86 bits per heavy atom. The maximum absolute atomic E-state index is 11.4. The quantitative estimate of drug-likeness (QED) is 0.812. The van der Waals surface area contributed by atoms with E-state index >= 15 is 0 Å². The van der Waals surface area contributed by atoms with Crippen LogP contribution in [0.25, 0.3) is 0 Å². The van der Waals surface area contributed by atoms with E-state index in [1.54, 1.807) is 12.3 Å². The van der Waals surface area contributed by atoms with Crippen LogP contribution < -0.4 is 10.1 Å². The summed E-state index contributed by atoms with van der Waals surface area (Å²) in [6, 6.07) is 1.58. The van der Waals surface area contributed by atoms with Crippen molar-refractivity contribution in [1.82, 2.24) is 9.97 Å². The minimum absolute atomic E-state index is 0.0393. The van der Waals surface area contributed by atoms with Crippen LogP contribution in [0.5, 0.6) is 5.88 Å². The van der Waals surface area contributed by atoms with Gasteiger partial charge in [0.25, 0.3) is 0 Å². The van der Waals surface area contributed by atoms with Crippen LogP contribution in [0, 0.1) is 5.92 Å². The van der Waals surface area contributed by atoms with Gasteiger partial charge in [-0.2, -0.15) is 4.98 Å². The van der Waals surface area contributed by atoms with Crippen molar-refractivity contribution in [3.05, 3.63) is 12.3 Å². The third-order valence-corrected chi connectivity index (χ3v) is 3.63. The van der Waals surface area contributed by atoms with E-state index in [-0.39, 0.29) is 18.1 Å². The van der Waals surface area contributed by atoms with Crippen molar-refractivity contribution in [3.63, 3.8) is 0 Å². The van der Waals surface area contributed by atoms with Gasteiger partial charge in [0, 0.05) is 18.3 Å². The highest BCUT2D eigenvalue weighted by Crippen LogP contribution is 2.26. The highest BCUT2D eigenvalue weighted by Gasteiger charge is 2.30. The molecule has 2 N–H and O–H groups in total. The van der Waals surface area contributed by atoms with E-state index in [0.29, 0.717) is 18.2 Å². The van der Waals surface area contributed by atoms with Crippen molar-refractivity contribution in [1.29, 1.82) is 0 Å². The molecule has 21 heavy (non-hydrogen) atoms. The summed E-state index contributed by atoms with van der Waals surface area (Å²) in [6.07, 6.45) is 6.28. The number of rotatable bonds is 5. The lowest BCUT2D eigenvalue weighted by Gasteiger charge is -2.23. The van der Waals surface area contributed by atoms with Gasteiger partial charge in [-0.25, -0.2) is 4.98 Å². The number of carboxylic acids is 1. The Morgan fingerprint density at radius 2 is 2.14 bits per heavy atom. The number of nitrogens with one attached hydrogen (secondary N) is 1. The van der Waals surface area contributed by atoms with Crippen LogP contribution in [0.3, 0.4) is 0 Å². The molecule has 1 fully saturated rings. The van der Waals surface area contributed by atoms with Gasteiger partial charge in [-0.3, -0.25) is 4.79 Å². The van der Waals surface area contributed by atoms with Crippen LogP contribution >= 0.6 is 0 Å². The summed E-state index contributed by atoms with van der Waals surface area (Å²) in [6.45, 7) is 3.86. The molecule has 1 aliphatic carbocycles. The molecule has 6 nitrogen and oxygen atoms in total. The molecule has 0 radical (unpaired) electrons. The molecule has 1 heterocycles. The summed E-state index contributed by atoms with van der Waals surface area (Å²) in [5.74, 6) is -0.191. The monoisotopic (exact) mass is 293 g/mol. The summed E-state index contributed by atoms with van der Waals surface area (Å²) in [7, 11) is 0. The number of hydrogen-bond acceptors (Lipinski definition) is 5. The van der Waals surface area contributed by atoms with Crippen molar-refractivity contribution in [2.45, 2.75) is 58.1 Å². The second kappa shape index (κ2) is 7.24. The van der Waals surface area contributed by atoms with Gasteiger partial charge in [0.1, 0.15) is 0 Å². The van der Waals surface area contributed by atoms with Gasteiger partial charge in [-0.15, -0.1) is 0 Å². The number of carboxylic acid groups (broad SMARTS) is 1. The van der Waals surface area contributed by atoms with E-state index in [1.807, 2.05) is 13.8 Å². The number of aliphatic carboxylic acids is 1. The van der Waals surface area contributed by atoms with E-state index in [1.165, 1.54) is 0 Å². The second-order valence-electron chi connectivity index (χ2n) is 5.72. The Morgan fingerprint density at radius 1 is 1.38 bits per heavy atom. The van der Waals surface area contributed by atoms with Crippen molar-refractivity contribution in [2.24, 2.45) is 5.92 Å². The molecule has 0 bridgehead atoms. The molecule has 0 amide bonds. The van der Waals surface area contributed by atoms with Crippen molar-refractivity contribution in [3.8, 4) is 5.88 Å². The third-order valence-electron chi connectivity index (χ3n) is 3.63. The van der Waals surface area contributed by atoms with Gasteiger partial charge in [0.2, 0.25) is 11.8 Å². The molecule has 0 spiro atoms. The standard InChI is InChI=1S/C15H23N3O3/c1-10(2)21-13-8-9-16-15(18-13)17-12-7-5-3-4-6-11(12)14(19)20/h8-12H,3-7H2,1-2H3,(H,19,20)(H,16,17,18). The van der Waals surface area contributed by atoms with Crippen LogP contribution in [0.2, 0.25) is 0 Å². The van der Waals surface area contributed by atoms with Crippen LogP contribution in [-0.4, -0.2) is 33.2 Å². The maximum Gasteiger partial charge on any atom is 0.308 e. The summed E-state index contributed by atoms with van der Waals surface area (Å²) in [5.41, 5.74) is 0. The normalized spacial score (nSPS) is 22.6. The average Bonchev–Trinajstić information content (AvgIpc) is 2.64. The zero-order valence-electron chi connectivity index (χ0n) is 12.6. The summed E-state index contributed by atoms with van der Waals surface area (Å²) < 4.78 is 5.54. The fourth-order valence-corrected chi connectivity index (χ4v) is 2.66. The molecular formula is C15H23N3O3. The van der Waals surface area contributed by atoms with Gasteiger partial charge in [0.05, 0.1) is 12.0 Å². The molecule has 1 saturated carbocycles. The molecule has 2 atom stereocenters. The first-order valence-electron chi connectivity index (χ1n) is 7.55. The first-order chi connectivity index (χ1) is 10.1. The lowest BCUT2D eigenvalue weighted by Crippen LogP contribution is -2.34. The number of aromatic nitrogens is 2. The number of nitrogens with zero attached hydrogens (tertiary/aromatic N) is 2. The first-order valence-corrected chi connectivity index (χ1v) is 7.55. The second-order valence-corrected chi connectivity index (χ2v) is 5.72. The van der Waals surface area contributed by atoms with Gasteiger partial charge >= 0.3 is 5.97 Å². The summed E-state index contributed by atoms with van der Waals surface area (Å²) >= 11 is 0. The number of ether oxygens (including phenoxy) is 1. The van der Waals surface area contributed by atoms with E-state index in [2.05, 4.69) is 15.3 Å². The van der Waals surface area contributed by atoms with Gasteiger partial charge in [-0.1, -0.05) is 19.3 Å². The zero-order valence-corrected chi connectivity index (χ0v) is 12.6. The van der Waals surface area contributed by atoms with Gasteiger partial charge in [-0.05, 0) is 26.7 Å². The predicted octanol–water partition coefficient (Wildman–Crippen LogP) is 2.71. The molecule has 2 rings (SSSR count). The van der Waals surface area contributed by atoms with E-state index in [0.717, 1.165) is 25.7 Å². The third kappa shape index (κ3) is 4.58. The molecule has 0 saturated heterocycles. The Labute approximate surface area is 124 Å². The predicted molar refractivity (Wildman–Crippen MR) is 79.4 cm³/mol. The Bertz CT molecular complexity index is 479. The van der Waals surface area contributed by atoms with Crippen molar-refractivity contribution in [2.75, 3.05) is 5.32 Å². The molecule has 0 aliphatic heterocycles. The smallest absolute Gasteiger partial charge is 0.308 e. The molecule has 1 aromatic heterocycles.